The van der Waals surface area contributed by atoms with E-state index in [1.165, 1.54) is 5.56 Å². The Hall–Kier alpha value is -3.08. The van der Waals surface area contributed by atoms with Crippen LogP contribution in [0.5, 0.6) is 5.75 Å². The Kier molecular flexibility index (Phi) is 4.21. The van der Waals surface area contributed by atoms with Crippen LogP contribution in [0.2, 0.25) is 0 Å². The number of hydrogen-bond donors (Lipinski definition) is 1. The SMILES string of the molecule is COc1ccc(-n2nc(Nc3ccc(C)cc3)c3c2CCCC3=O)cc1. The third kappa shape index (κ3) is 2.96. The van der Waals surface area contributed by atoms with E-state index in [0.29, 0.717) is 17.8 Å². The van der Waals surface area contributed by atoms with Gasteiger partial charge in [-0.05, 0) is 56.2 Å². The number of fused-ring (bicyclic) bond motifs is 1. The fourth-order valence-electron chi connectivity index (χ4n) is 3.32. The molecular formula is C21H21N3O2. The van der Waals surface area contributed by atoms with Crippen molar-refractivity contribution in [2.45, 2.75) is 26.2 Å². The van der Waals surface area contributed by atoms with E-state index in [-0.39, 0.29) is 5.78 Å². The highest BCUT2D eigenvalue weighted by molar-refractivity contribution is 6.03. The topological polar surface area (TPSA) is 56.1 Å². The Labute approximate surface area is 152 Å². The molecule has 5 heteroatoms. The lowest BCUT2D eigenvalue weighted by Crippen LogP contribution is -2.13. The van der Waals surface area contributed by atoms with Gasteiger partial charge in [0.15, 0.2) is 11.6 Å². The number of anilines is 2. The molecule has 1 N–H and O–H groups in total. The molecule has 1 heterocycles. The second kappa shape index (κ2) is 6.67. The maximum atomic E-state index is 12.6. The summed E-state index contributed by atoms with van der Waals surface area (Å²) in [6, 6.07) is 15.8. The number of ketones is 1. The van der Waals surface area contributed by atoms with Crippen LogP contribution in [-0.4, -0.2) is 22.7 Å². The van der Waals surface area contributed by atoms with Crippen molar-refractivity contribution in [2.24, 2.45) is 0 Å². The number of Topliss-reactive ketones (excluding diaryl/α,β-unsaturated/α-hetero) is 1. The van der Waals surface area contributed by atoms with Crippen molar-refractivity contribution in [1.82, 2.24) is 9.78 Å². The van der Waals surface area contributed by atoms with Crippen molar-refractivity contribution in [3.63, 3.8) is 0 Å². The first kappa shape index (κ1) is 16.4. The number of nitrogens with one attached hydrogen (secondary N) is 1. The number of ether oxygens (including phenoxy) is 1. The molecule has 4 rings (SSSR count). The summed E-state index contributed by atoms with van der Waals surface area (Å²) < 4.78 is 7.11. The third-order valence-electron chi connectivity index (χ3n) is 4.71. The van der Waals surface area contributed by atoms with Crippen LogP contribution in [0.3, 0.4) is 0 Å². The minimum absolute atomic E-state index is 0.153. The molecule has 0 bridgehead atoms. The van der Waals surface area contributed by atoms with E-state index in [4.69, 9.17) is 9.84 Å². The Morgan fingerprint density at radius 1 is 1.04 bits per heavy atom. The predicted octanol–water partition coefficient (Wildman–Crippen LogP) is 4.45. The van der Waals surface area contributed by atoms with Crippen molar-refractivity contribution in [3.8, 4) is 11.4 Å². The van der Waals surface area contributed by atoms with Crippen LogP contribution >= 0.6 is 0 Å². The van der Waals surface area contributed by atoms with Crippen LogP contribution in [0.4, 0.5) is 11.5 Å². The van der Waals surface area contributed by atoms with Crippen molar-refractivity contribution in [2.75, 3.05) is 12.4 Å². The zero-order valence-corrected chi connectivity index (χ0v) is 15.0. The summed E-state index contributed by atoms with van der Waals surface area (Å²) in [6.45, 7) is 2.05. The number of carbonyl (C=O) groups is 1. The smallest absolute Gasteiger partial charge is 0.168 e. The quantitative estimate of drug-likeness (QED) is 0.757. The molecule has 0 fully saturated rings. The van der Waals surface area contributed by atoms with Crippen LogP contribution in [0, 0.1) is 6.92 Å². The molecule has 0 amide bonds. The monoisotopic (exact) mass is 347 g/mol. The average Bonchev–Trinajstić information content (AvgIpc) is 3.03. The van der Waals surface area contributed by atoms with E-state index >= 15 is 0 Å². The molecule has 0 spiro atoms. The lowest BCUT2D eigenvalue weighted by molar-refractivity contribution is 0.0973. The maximum absolute atomic E-state index is 12.6. The summed E-state index contributed by atoms with van der Waals surface area (Å²) in [4.78, 5) is 12.6. The van der Waals surface area contributed by atoms with Gasteiger partial charge < -0.3 is 10.1 Å². The summed E-state index contributed by atoms with van der Waals surface area (Å²) in [7, 11) is 1.65. The summed E-state index contributed by atoms with van der Waals surface area (Å²) in [5.74, 6) is 1.58. The average molecular weight is 347 g/mol. The largest absolute Gasteiger partial charge is 0.497 e. The molecule has 132 valence electrons. The first-order chi connectivity index (χ1) is 12.7. The van der Waals surface area contributed by atoms with Crippen LogP contribution in [0.15, 0.2) is 48.5 Å². The molecule has 0 aliphatic heterocycles. The summed E-state index contributed by atoms with van der Waals surface area (Å²) in [6.07, 6.45) is 2.28. The number of rotatable bonds is 4. The van der Waals surface area contributed by atoms with Crippen molar-refractivity contribution < 1.29 is 9.53 Å². The number of aromatic nitrogens is 2. The third-order valence-corrected chi connectivity index (χ3v) is 4.71. The number of hydrogen-bond acceptors (Lipinski definition) is 4. The first-order valence-corrected chi connectivity index (χ1v) is 8.79. The van der Waals surface area contributed by atoms with Gasteiger partial charge in [-0.3, -0.25) is 4.79 Å². The minimum Gasteiger partial charge on any atom is -0.497 e. The summed E-state index contributed by atoms with van der Waals surface area (Å²) >= 11 is 0. The van der Waals surface area contributed by atoms with Crippen LogP contribution in [0.25, 0.3) is 5.69 Å². The molecule has 0 radical (unpaired) electrons. The maximum Gasteiger partial charge on any atom is 0.168 e. The lowest BCUT2D eigenvalue weighted by atomic mass is 9.95. The van der Waals surface area contributed by atoms with Gasteiger partial charge >= 0.3 is 0 Å². The molecule has 5 nitrogen and oxygen atoms in total. The second-order valence-corrected chi connectivity index (χ2v) is 6.55. The van der Waals surface area contributed by atoms with Crippen LogP contribution in [-0.2, 0) is 6.42 Å². The normalized spacial score (nSPS) is 13.4. The number of methoxy groups -OCH3 is 1. The number of benzene rings is 2. The van der Waals surface area contributed by atoms with Crippen molar-refractivity contribution in [3.05, 3.63) is 65.4 Å². The summed E-state index contributed by atoms with van der Waals surface area (Å²) in [5, 5.41) is 8.05. The highest BCUT2D eigenvalue weighted by atomic mass is 16.5. The molecule has 1 aliphatic carbocycles. The molecule has 26 heavy (non-hydrogen) atoms. The Bertz CT molecular complexity index is 941. The molecule has 1 aliphatic rings. The molecule has 0 unspecified atom stereocenters. The first-order valence-electron chi connectivity index (χ1n) is 8.79. The van der Waals surface area contributed by atoms with Gasteiger partial charge in [-0.25, -0.2) is 4.68 Å². The molecule has 0 saturated carbocycles. The van der Waals surface area contributed by atoms with Gasteiger partial charge in [0.25, 0.3) is 0 Å². The van der Waals surface area contributed by atoms with E-state index in [1.807, 2.05) is 60.1 Å². The van der Waals surface area contributed by atoms with Gasteiger partial charge in [0, 0.05) is 12.1 Å². The van der Waals surface area contributed by atoms with E-state index < -0.39 is 0 Å². The second-order valence-electron chi connectivity index (χ2n) is 6.55. The Balaban J connectivity index is 1.77. The predicted molar refractivity (Wildman–Crippen MR) is 102 cm³/mol. The number of nitrogens with zero attached hydrogens (tertiary/aromatic N) is 2. The van der Waals surface area contributed by atoms with Gasteiger partial charge in [0.1, 0.15) is 5.75 Å². The van der Waals surface area contributed by atoms with E-state index in [1.54, 1.807) is 7.11 Å². The minimum atomic E-state index is 0.153. The van der Waals surface area contributed by atoms with Crippen molar-refractivity contribution >= 4 is 17.3 Å². The van der Waals surface area contributed by atoms with Gasteiger partial charge in [-0.2, -0.15) is 0 Å². The van der Waals surface area contributed by atoms with Gasteiger partial charge in [0.2, 0.25) is 0 Å². The van der Waals surface area contributed by atoms with E-state index in [9.17, 15) is 4.79 Å². The lowest BCUT2D eigenvalue weighted by Gasteiger charge is -2.13. The molecular weight excluding hydrogens is 326 g/mol. The molecule has 1 aromatic heterocycles. The number of aryl methyl sites for hydroxylation is 1. The number of carbonyl (C=O) groups excluding carboxylic acids is 1. The van der Waals surface area contributed by atoms with E-state index in [2.05, 4.69) is 5.32 Å². The fourth-order valence-corrected chi connectivity index (χ4v) is 3.32. The van der Waals surface area contributed by atoms with Crippen molar-refractivity contribution in [1.29, 1.82) is 0 Å². The fraction of sp³-hybridized carbons (Fsp3) is 0.238. The van der Waals surface area contributed by atoms with Gasteiger partial charge in [-0.1, -0.05) is 17.7 Å². The highest BCUT2D eigenvalue weighted by Crippen LogP contribution is 2.32. The molecule has 3 aromatic rings. The molecule has 0 saturated heterocycles. The summed E-state index contributed by atoms with van der Waals surface area (Å²) in [5.41, 5.74) is 4.73. The van der Waals surface area contributed by atoms with Gasteiger partial charge in [-0.15, -0.1) is 5.10 Å². The van der Waals surface area contributed by atoms with E-state index in [0.717, 1.165) is 35.7 Å². The molecule has 2 aromatic carbocycles. The highest BCUT2D eigenvalue weighted by Gasteiger charge is 2.27. The Morgan fingerprint density at radius 2 is 1.77 bits per heavy atom. The zero-order chi connectivity index (χ0) is 18.1. The Morgan fingerprint density at radius 3 is 2.46 bits per heavy atom. The standard InChI is InChI=1S/C21H21N3O2/c1-14-6-8-15(9-7-14)22-21-20-18(4-3-5-19(20)25)24(23-21)16-10-12-17(26-2)13-11-16/h6-13H,3-5H2,1-2H3,(H,22,23). The zero-order valence-electron chi connectivity index (χ0n) is 15.0. The van der Waals surface area contributed by atoms with Crippen LogP contribution in [0.1, 0.15) is 34.5 Å². The van der Waals surface area contributed by atoms with Crippen LogP contribution < -0.4 is 10.1 Å². The van der Waals surface area contributed by atoms with Gasteiger partial charge in [0.05, 0.1) is 24.1 Å². The molecule has 0 atom stereocenters.